The van der Waals surface area contributed by atoms with Crippen LogP contribution in [0, 0.1) is 17.0 Å². The third-order valence-corrected chi connectivity index (χ3v) is 5.01. The van der Waals surface area contributed by atoms with E-state index in [2.05, 4.69) is 22.3 Å². The van der Waals surface area contributed by atoms with Crippen molar-refractivity contribution in [1.82, 2.24) is 10.2 Å². The SMILES string of the molecule is Cc1c(C(=O)NCCCN2CCOC(c3ccccc3)C2)cccc1[N+](=O)[O-]. The number of nitrogens with zero attached hydrogens (tertiary/aromatic N) is 2. The number of morpholine rings is 1. The maximum Gasteiger partial charge on any atom is 0.273 e. The number of hydrogen-bond donors (Lipinski definition) is 1. The highest BCUT2D eigenvalue weighted by Crippen LogP contribution is 2.22. The molecule has 1 amide bonds. The number of benzene rings is 2. The number of nitro groups is 1. The lowest BCUT2D eigenvalue weighted by molar-refractivity contribution is -0.385. The van der Waals surface area contributed by atoms with Gasteiger partial charge in [-0.1, -0.05) is 36.4 Å². The molecule has 148 valence electrons. The van der Waals surface area contributed by atoms with Crippen LogP contribution in [0.1, 0.15) is 34.0 Å². The van der Waals surface area contributed by atoms with Gasteiger partial charge in [-0.25, -0.2) is 0 Å². The molecule has 0 spiro atoms. The Morgan fingerprint density at radius 2 is 2.04 bits per heavy atom. The topological polar surface area (TPSA) is 84.7 Å². The number of carbonyl (C=O) groups excluding carboxylic acids is 1. The maximum atomic E-state index is 12.4. The van der Waals surface area contributed by atoms with Gasteiger partial charge < -0.3 is 10.1 Å². The lowest BCUT2D eigenvalue weighted by Crippen LogP contribution is -2.39. The molecule has 0 aliphatic carbocycles. The van der Waals surface area contributed by atoms with Crippen LogP contribution in [-0.2, 0) is 4.74 Å². The summed E-state index contributed by atoms with van der Waals surface area (Å²) in [4.78, 5) is 25.3. The molecule has 1 saturated heterocycles. The molecule has 3 rings (SSSR count). The largest absolute Gasteiger partial charge is 0.371 e. The van der Waals surface area contributed by atoms with Gasteiger partial charge in [0, 0.05) is 43.4 Å². The highest BCUT2D eigenvalue weighted by atomic mass is 16.6. The first-order valence-corrected chi connectivity index (χ1v) is 9.47. The van der Waals surface area contributed by atoms with Crippen LogP contribution in [0.5, 0.6) is 0 Å². The highest BCUT2D eigenvalue weighted by Gasteiger charge is 2.21. The van der Waals surface area contributed by atoms with E-state index in [1.54, 1.807) is 13.0 Å². The number of hydrogen-bond acceptors (Lipinski definition) is 5. The van der Waals surface area contributed by atoms with E-state index in [0.29, 0.717) is 24.3 Å². The molecule has 28 heavy (non-hydrogen) atoms. The van der Waals surface area contributed by atoms with Crippen molar-refractivity contribution >= 4 is 11.6 Å². The van der Waals surface area contributed by atoms with Gasteiger partial charge in [-0.15, -0.1) is 0 Å². The van der Waals surface area contributed by atoms with Crippen molar-refractivity contribution in [2.75, 3.05) is 32.8 Å². The normalized spacial score (nSPS) is 17.2. The molecule has 1 aliphatic heterocycles. The standard InChI is InChI=1S/C21H25N3O4/c1-16-18(9-5-10-19(16)24(26)27)21(25)22-11-6-12-23-13-14-28-20(15-23)17-7-3-2-4-8-17/h2-5,7-10,20H,6,11-15H2,1H3,(H,22,25). The second kappa shape index (κ2) is 9.43. The van der Waals surface area contributed by atoms with Crippen LogP contribution >= 0.6 is 0 Å². The van der Waals surface area contributed by atoms with Crippen LogP contribution in [0.4, 0.5) is 5.69 Å². The number of carbonyl (C=O) groups is 1. The van der Waals surface area contributed by atoms with Crippen LogP contribution in [-0.4, -0.2) is 48.5 Å². The van der Waals surface area contributed by atoms with Gasteiger partial charge in [0.25, 0.3) is 11.6 Å². The molecule has 7 heteroatoms. The first-order valence-electron chi connectivity index (χ1n) is 9.47. The fourth-order valence-electron chi connectivity index (χ4n) is 3.44. The Bertz CT molecular complexity index is 826. The summed E-state index contributed by atoms with van der Waals surface area (Å²) in [6, 6.07) is 14.8. The van der Waals surface area contributed by atoms with Crippen molar-refractivity contribution in [1.29, 1.82) is 0 Å². The Morgan fingerprint density at radius 1 is 1.25 bits per heavy atom. The summed E-state index contributed by atoms with van der Waals surface area (Å²) in [5, 5.41) is 13.9. The van der Waals surface area contributed by atoms with Gasteiger partial charge in [0.2, 0.25) is 0 Å². The minimum atomic E-state index is -0.465. The zero-order valence-corrected chi connectivity index (χ0v) is 16.0. The average Bonchev–Trinajstić information content (AvgIpc) is 2.72. The van der Waals surface area contributed by atoms with Crippen LogP contribution in [0.3, 0.4) is 0 Å². The van der Waals surface area contributed by atoms with Crippen molar-refractivity contribution in [2.45, 2.75) is 19.4 Å². The van der Waals surface area contributed by atoms with Crippen LogP contribution in [0.15, 0.2) is 48.5 Å². The number of rotatable bonds is 7. The summed E-state index contributed by atoms with van der Waals surface area (Å²) in [5.41, 5.74) is 1.89. The summed E-state index contributed by atoms with van der Waals surface area (Å²) in [5.74, 6) is -0.273. The summed E-state index contributed by atoms with van der Waals surface area (Å²) < 4.78 is 5.87. The highest BCUT2D eigenvalue weighted by molar-refractivity contribution is 5.96. The van der Waals surface area contributed by atoms with Gasteiger partial charge >= 0.3 is 0 Å². The molecule has 7 nitrogen and oxygen atoms in total. The van der Waals surface area contributed by atoms with Crippen molar-refractivity contribution in [3.63, 3.8) is 0 Å². The van der Waals surface area contributed by atoms with E-state index in [-0.39, 0.29) is 17.7 Å². The Labute approximate surface area is 164 Å². The third kappa shape index (κ3) is 4.94. The predicted octanol–water partition coefficient (Wildman–Crippen LogP) is 3.10. The first-order chi connectivity index (χ1) is 13.6. The van der Waals surface area contributed by atoms with Crippen LogP contribution in [0.25, 0.3) is 0 Å². The Morgan fingerprint density at radius 3 is 2.79 bits per heavy atom. The third-order valence-electron chi connectivity index (χ3n) is 5.01. The van der Waals surface area contributed by atoms with E-state index in [0.717, 1.165) is 26.1 Å². The molecule has 1 unspecified atom stereocenters. The maximum absolute atomic E-state index is 12.4. The van der Waals surface area contributed by atoms with Crippen molar-refractivity contribution in [3.8, 4) is 0 Å². The number of nitro benzene ring substituents is 1. The summed E-state index contributed by atoms with van der Waals surface area (Å²) in [6.45, 7) is 5.39. The van der Waals surface area contributed by atoms with E-state index in [1.165, 1.54) is 17.7 Å². The zero-order chi connectivity index (χ0) is 19.9. The lowest BCUT2D eigenvalue weighted by atomic mass is 10.1. The molecule has 0 bridgehead atoms. The molecular formula is C21H25N3O4. The van der Waals surface area contributed by atoms with Gasteiger partial charge in [0.15, 0.2) is 0 Å². The second-order valence-corrected chi connectivity index (χ2v) is 6.89. The number of nitrogens with one attached hydrogen (secondary N) is 1. The Balaban J connectivity index is 1.46. The molecule has 1 fully saturated rings. The number of amides is 1. The minimum Gasteiger partial charge on any atom is -0.371 e. The fraction of sp³-hybridized carbons (Fsp3) is 0.381. The van der Waals surface area contributed by atoms with E-state index >= 15 is 0 Å². The molecule has 0 radical (unpaired) electrons. The zero-order valence-electron chi connectivity index (χ0n) is 16.0. The molecule has 2 aromatic carbocycles. The molecule has 2 aromatic rings. The average molecular weight is 383 g/mol. The molecule has 1 aliphatic rings. The Hall–Kier alpha value is -2.77. The van der Waals surface area contributed by atoms with E-state index in [9.17, 15) is 14.9 Å². The summed E-state index contributed by atoms with van der Waals surface area (Å²) >= 11 is 0. The van der Waals surface area contributed by atoms with E-state index < -0.39 is 4.92 Å². The van der Waals surface area contributed by atoms with Crippen LogP contribution < -0.4 is 5.32 Å². The van der Waals surface area contributed by atoms with Crippen LogP contribution in [0.2, 0.25) is 0 Å². The smallest absolute Gasteiger partial charge is 0.273 e. The summed E-state index contributed by atoms with van der Waals surface area (Å²) in [7, 11) is 0. The fourth-order valence-corrected chi connectivity index (χ4v) is 3.44. The van der Waals surface area contributed by atoms with Crippen molar-refractivity contribution in [3.05, 3.63) is 75.3 Å². The van der Waals surface area contributed by atoms with Gasteiger partial charge in [-0.2, -0.15) is 0 Å². The van der Waals surface area contributed by atoms with Crippen molar-refractivity contribution < 1.29 is 14.5 Å². The van der Waals surface area contributed by atoms with Crippen molar-refractivity contribution in [2.24, 2.45) is 0 Å². The molecule has 0 saturated carbocycles. The molecular weight excluding hydrogens is 358 g/mol. The Kier molecular flexibility index (Phi) is 6.73. The molecule has 1 N–H and O–H groups in total. The number of ether oxygens (including phenoxy) is 1. The minimum absolute atomic E-state index is 0.0343. The molecule has 1 atom stereocenters. The lowest BCUT2D eigenvalue weighted by Gasteiger charge is -2.33. The molecule has 1 heterocycles. The second-order valence-electron chi connectivity index (χ2n) is 6.89. The molecule has 0 aromatic heterocycles. The quantitative estimate of drug-likeness (QED) is 0.451. The van der Waals surface area contributed by atoms with E-state index in [1.807, 2.05) is 18.2 Å². The first kappa shape index (κ1) is 20.0. The van der Waals surface area contributed by atoms with Gasteiger partial charge in [-0.3, -0.25) is 19.8 Å². The predicted molar refractivity (Wildman–Crippen MR) is 106 cm³/mol. The monoisotopic (exact) mass is 383 g/mol. The summed E-state index contributed by atoms with van der Waals surface area (Å²) in [6.07, 6.45) is 0.887. The van der Waals surface area contributed by atoms with E-state index in [4.69, 9.17) is 4.74 Å². The van der Waals surface area contributed by atoms with Gasteiger partial charge in [0.05, 0.1) is 17.6 Å². The van der Waals surface area contributed by atoms with Gasteiger partial charge in [-0.05, 0) is 25.0 Å². The van der Waals surface area contributed by atoms with Gasteiger partial charge in [0.1, 0.15) is 0 Å².